The second-order valence-corrected chi connectivity index (χ2v) is 3.07. The maximum atomic E-state index is 5.01. The highest BCUT2D eigenvalue weighted by Gasteiger charge is 2.13. The molecule has 1 unspecified atom stereocenters. The van der Waals surface area contributed by atoms with Gasteiger partial charge in [-0.1, -0.05) is 13.8 Å². The Morgan fingerprint density at radius 2 is 2.18 bits per heavy atom. The van der Waals surface area contributed by atoms with Gasteiger partial charge in [0.25, 0.3) is 0 Å². The van der Waals surface area contributed by atoms with Crippen LogP contribution in [0, 0.1) is 5.92 Å². The van der Waals surface area contributed by atoms with Gasteiger partial charge in [0.1, 0.15) is 0 Å². The fourth-order valence-electron chi connectivity index (χ4n) is 1.34. The highest BCUT2D eigenvalue weighted by molar-refractivity contribution is 5.11. The van der Waals surface area contributed by atoms with E-state index in [1.54, 1.807) is 12.5 Å². The Kier molecular flexibility index (Phi) is 2.71. The molecule has 11 heavy (non-hydrogen) atoms. The predicted molar refractivity (Wildman–Crippen MR) is 45.3 cm³/mol. The normalized spacial score (nSPS) is 13.8. The molecule has 0 aliphatic carbocycles. The molecule has 1 atom stereocenters. The molecule has 0 saturated heterocycles. The molecular weight excluding hydrogens is 138 g/mol. The standard InChI is InChI=1S/C9H15NO/c1-7(2)9(10-3)8-4-5-11-6-8/h4-7,9-10H,1-3H3. The zero-order chi connectivity index (χ0) is 8.27. The van der Waals surface area contributed by atoms with Gasteiger partial charge in [0.2, 0.25) is 0 Å². The molecule has 2 heteroatoms. The van der Waals surface area contributed by atoms with Crippen molar-refractivity contribution in [2.24, 2.45) is 5.92 Å². The summed E-state index contributed by atoms with van der Waals surface area (Å²) in [6.45, 7) is 4.38. The summed E-state index contributed by atoms with van der Waals surface area (Å²) >= 11 is 0. The first-order valence-electron chi connectivity index (χ1n) is 3.95. The van der Waals surface area contributed by atoms with Crippen LogP contribution in [0.15, 0.2) is 23.0 Å². The van der Waals surface area contributed by atoms with Crippen molar-refractivity contribution in [2.45, 2.75) is 19.9 Å². The van der Waals surface area contributed by atoms with Gasteiger partial charge >= 0.3 is 0 Å². The fraction of sp³-hybridized carbons (Fsp3) is 0.556. The molecule has 0 fully saturated rings. The van der Waals surface area contributed by atoms with Crippen LogP contribution in [0.1, 0.15) is 25.5 Å². The SMILES string of the molecule is CNC(c1ccoc1)C(C)C. The summed E-state index contributed by atoms with van der Waals surface area (Å²) in [5.41, 5.74) is 1.22. The monoisotopic (exact) mass is 153 g/mol. The van der Waals surface area contributed by atoms with Gasteiger partial charge in [0.15, 0.2) is 0 Å². The van der Waals surface area contributed by atoms with Crippen molar-refractivity contribution in [3.63, 3.8) is 0 Å². The molecule has 1 N–H and O–H groups in total. The lowest BCUT2D eigenvalue weighted by atomic mass is 9.99. The van der Waals surface area contributed by atoms with Crippen LogP contribution in [-0.2, 0) is 0 Å². The van der Waals surface area contributed by atoms with E-state index in [1.165, 1.54) is 5.56 Å². The van der Waals surface area contributed by atoms with Gasteiger partial charge in [0.05, 0.1) is 12.5 Å². The summed E-state index contributed by atoms with van der Waals surface area (Å²) in [5, 5.41) is 3.24. The van der Waals surface area contributed by atoms with Crippen LogP contribution in [0.2, 0.25) is 0 Å². The summed E-state index contributed by atoms with van der Waals surface area (Å²) in [7, 11) is 1.97. The Morgan fingerprint density at radius 1 is 1.45 bits per heavy atom. The van der Waals surface area contributed by atoms with E-state index in [9.17, 15) is 0 Å². The molecule has 1 heterocycles. The highest BCUT2D eigenvalue weighted by Crippen LogP contribution is 2.20. The molecule has 0 radical (unpaired) electrons. The lowest BCUT2D eigenvalue weighted by Crippen LogP contribution is -2.20. The topological polar surface area (TPSA) is 25.2 Å². The Balaban J connectivity index is 2.71. The maximum absolute atomic E-state index is 5.01. The van der Waals surface area contributed by atoms with Crippen LogP contribution in [-0.4, -0.2) is 7.05 Å². The largest absolute Gasteiger partial charge is 0.472 e. The van der Waals surface area contributed by atoms with Crippen molar-refractivity contribution >= 4 is 0 Å². The van der Waals surface area contributed by atoms with Crippen molar-refractivity contribution < 1.29 is 4.42 Å². The number of furan rings is 1. The Bertz CT molecular complexity index is 191. The van der Waals surface area contributed by atoms with Crippen molar-refractivity contribution in [3.8, 4) is 0 Å². The number of nitrogens with one attached hydrogen (secondary N) is 1. The first-order chi connectivity index (χ1) is 5.25. The first kappa shape index (κ1) is 8.34. The molecule has 0 aliphatic rings. The van der Waals surface area contributed by atoms with Crippen LogP contribution >= 0.6 is 0 Å². The van der Waals surface area contributed by atoms with Gasteiger partial charge in [-0.05, 0) is 19.0 Å². The molecule has 1 aromatic rings. The zero-order valence-corrected chi connectivity index (χ0v) is 7.29. The average molecular weight is 153 g/mol. The smallest absolute Gasteiger partial charge is 0.0950 e. The molecule has 62 valence electrons. The third-order valence-electron chi connectivity index (χ3n) is 1.88. The van der Waals surface area contributed by atoms with Crippen LogP contribution in [0.4, 0.5) is 0 Å². The van der Waals surface area contributed by atoms with Crippen LogP contribution in [0.3, 0.4) is 0 Å². The van der Waals surface area contributed by atoms with Crippen LogP contribution in [0.5, 0.6) is 0 Å². The summed E-state index contributed by atoms with van der Waals surface area (Å²) in [6, 6.07) is 2.41. The first-order valence-corrected chi connectivity index (χ1v) is 3.95. The maximum Gasteiger partial charge on any atom is 0.0950 e. The Morgan fingerprint density at radius 3 is 2.55 bits per heavy atom. The number of hydrogen-bond donors (Lipinski definition) is 1. The molecular formula is C9H15NO. The number of rotatable bonds is 3. The summed E-state index contributed by atoms with van der Waals surface area (Å²) in [6.07, 6.45) is 3.50. The minimum Gasteiger partial charge on any atom is -0.472 e. The molecule has 0 bridgehead atoms. The Labute approximate surface area is 67.6 Å². The van der Waals surface area contributed by atoms with E-state index >= 15 is 0 Å². The number of hydrogen-bond acceptors (Lipinski definition) is 2. The highest BCUT2D eigenvalue weighted by atomic mass is 16.3. The molecule has 0 spiro atoms. The van der Waals surface area contributed by atoms with E-state index in [0.29, 0.717) is 12.0 Å². The van der Waals surface area contributed by atoms with Gasteiger partial charge in [0, 0.05) is 11.6 Å². The molecule has 1 rings (SSSR count). The third-order valence-corrected chi connectivity index (χ3v) is 1.88. The summed E-state index contributed by atoms with van der Waals surface area (Å²) < 4.78 is 5.01. The van der Waals surface area contributed by atoms with Gasteiger partial charge < -0.3 is 9.73 Å². The minimum atomic E-state index is 0.411. The van der Waals surface area contributed by atoms with E-state index in [-0.39, 0.29) is 0 Å². The van der Waals surface area contributed by atoms with E-state index in [1.807, 2.05) is 13.1 Å². The quantitative estimate of drug-likeness (QED) is 0.720. The zero-order valence-electron chi connectivity index (χ0n) is 7.29. The van der Waals surface area contributed by atoms with Gasteiger partial charge in [-0.2, -0.15) is 0 Å². The fourth-order valence-corrected chi connectivity index (χ4v) is 1.34. The van der Waals surface area contributed by atoms with E-state index < -0.39 is 0 Å². The second-order valence-electron chi connectivity index (χ2n) is 3.07. The van der Waals surface area contributed by atoms with Gasteiger partial charge in [-0.15, -0.1) is 0 Å². The van der Waals surface area contributed by atoms with Crippen LogP contribution in [0.25, 0.3) is 0 Å². The van der Waals surface area contributed by atoms with E-state index in [4.69, 9.17) is 4.42 Å². The predicted octanol–water partition coefficient (Wildman–Crippen LogP) is 2.20. The average Bonchev–Trinajstić information content (AvgIpc) is 2.40. The summed E-state index contributed by atoms with van der Waals surface area (Å²) in [5.74, 6) is 0.595. The van der Waals surface area contributed by atoms with Gasteiger partial charge in [-0.25, -0.2) is 0 Å². The lowest BCUT2D eigenvalue weighted by molar-refractivity contribution is 0.437. The van der Waals surface area contributed by atoms with Crippen molar-refractivity contribution in [1.29, 1.82) is 0 Å². The second kappa shape index (κ2) is 3.58. The molecule has 1 aromatic heterocycles. The van der Waals surface area contributed by atoms with Gasteiger partial charge in [-0.3, -0.25) is 0 Å². The molecule has 0 saturated carbocycles. The van der Waals surface area contributed by atoms with Crippen molar-refractivity contribution in [1.82, 2.24) is 5.32 Å². The lowest BCUT2D eigenvalue weighted by Gasteiger charge is -2.17. The summed E-state index contributed by atoms with van der Waals surface area (Å²) in [4.78, 5) is 0. The molecule has 0 aromatic carbocycles. The minimum absolute atomic E-state index is 0.411. The van der Waals surface area contributed by atoms with E-state index in [0.717, 1.165) is 0 Å². The van der Waals surface area contributed by atoms with Crippen molar-refractivity contribution in [3.05, 3.63) is 24.2 Å². The molecule has 0 amide bonds. The van der Waals surface area contributed by atoms with E-state index in [2.05, 4.69) is 19.2 Å². The van der Waals surface area contributed by atoms with Crippen LogP contribution < -0.4 is 5.32 Å². The molecule has 2 nitrogen and oxygen atoms in total. The van der Waals surface area contributed by atoms with Crippen molar-refractivity contribution in [2.75, 3.05) is 7.05 Å². The Hall–Kier alpha value is -0.760. The third kappa shape index (κ3) is 1.84. The molecule has 0 aliphatic heterocycles.